The van der Waals surface area contributed by atoms with Crippen LogP contribution in [0.5, 0.6) is 0 Å². The van der Waals surface area contributed by atoms with Crippen LogP contribution < -0.4 is 22.1 Å². The molecular weight excluding hydrogens is 572 g/mol. The summed E-state index contributed by atoms with van der Waals surface area (Å²) in [5.74, 6) is 1.34. The number of Topliss-reactive ketones (excluding diaryl/α,β-unsaturated/α-hetero) is 1. The number of aliphatic hydroxyl groups is 1. The van der Waals surface area contributed by atoms with Crippen molar-refractivity contribution in [3.8, 4) is 0 Å². The molecule has 0 saturated carbocycles. The van der Waals surface area contributed by atoms with Crippen LogP contribution in [0.15, 0.2) is 33.8 Å². The van der Waals surface area contributed by atoms with Gasteiger partial charge < -0.3 is 36.3 Å². The molecule has 4 heterocycles. The van der Waals surface area contributed by atoms with E-state index in [2.05, 4.69) is 55.0 Å². The zero-order valence-electron chi connectivity index (χ0n) is 25.7. The molecule has 0 fully saturated rings. The van der Waals surface area contributed by atoms with Gasteiger partial charge in [-0.15, -0.1) is 0 Å². The Morgan fingerprint density at radius 2 is 1.43 bits per heavy atom. The van der Waals surface area contributed by atoms with Crippen LogP contribution in [0.2, 0.25) is 0 Å². The average molecular weight is 615 g/mol. The first-order chi connectivity index (χ1) is 21.0. The third-order valence-electron chi connectivity index (χ3n) is 6.61. The number of rotatable bonds is 16. The van der Waals surface area contributed by atoms with E-state index in [1.165, 1.54) is 0 Å². The minimum absolute atomic E-state index is 0.00371. The van der Waals surface area contributed by atoms with Crippen LogP contribution >= 0.6 is 0 Å². The Kier molecular flexibility index (Phi) is 12.8. The number of nitrogens with zero attached hydrogens (tertiary/aromatic N) is 8. The Hall–Kier alpha value is -4.32. The van der Waals surface area contributed by atoms with Crippen LogP contribution in [0, 0.1) is 0 Å². The van der Waals surface area contributed by atoms with E-state index in [1.807, 2.05) is 26.5 Å². The summed E-state index contributed by atoms with van der Waals surface area (Å²) in [6.45, 7) is 6.43. The number of primary amides is 1. The summed E-state index contributed by atoms with van der Waals surface area (Å²) in [4.78, 5) is 31.2. The maximum Gasteiger partial charge on any atom is 0.244 e. The second-order valence-electron chi connectivity index (χ2n) is 10.6. The molecule has 0 aliphatic heterocycles. The Morgan fingerprint density at radius 1 is 0.932 bits per heavy atom. The van der Waals surface area contributed by atoms with Gasteiger partial charge in [0.2, 0.25) is 17.7 Å². The van der Waals surface area contributed by atoms with Crippen molar-refractivity contribution in [2.24, 2.45) is 25.6 Å². The molecule has 240 valence electrons. The smallest absolute Gasteiger partial charge is 0.244 e. The number of aliphatic hydroxyl groups excluding tert-OH is 1. The first kappa shape index (κ1) is 34.2. The lowest BCUT2D eigenvalue weighted by Crippen LogP contribution is -2.27. The fourth-order valence-corrected chi connectivity index (χ4v) is 3.98. The van der Waals surface area contributed by atoms with Crippen molar-refractivity contribution in [3.05, 3.63) is 59.3 Å². The summed E-state index contributed by atoms with van der Waals surface area (Å²) >= 11 is 0. The summed E-state index contributed by atoms with van der Waals surface area (Å²) in [5, 5.41) is 31.3. The molecule has 4 rings (SSSR count). The first-order valence-corrected chi connectivity index (χ1v) is 14.2. The monoisotopic (exact) mass is 614 g/mol. The highest BCUT2D eigenvalue weighted by Crippen LogP contribution is 2.21. The minimum atomic E-state index is -0.731. The maximum atomic E-state index is 11.5. The number of ketones is 1. The van der Waals surface area contributed by atoms with Crippen molar-refractivity contribution >= 4 is 11.7 Å². The number of carbonyl (C=O) groups is 2. The fraction of sp³-hybridized carbons (Fsp3) is 0.556. The van der Waals surface area contributed by atoms with E-state index >= 15 is 0 Å². The molecule has 44 heavy (non-hydrogen) atoms. The molecule has 0 unspecified atom stereocenters. The van der Waals surface area contributed by atoms with Crippen LogP contribution in [-0.2, 0) is 36.8 Å². The van der Waals surface area contributed by atoms with Gasteiger partial charge in [-0.2, -0.15) is 20.2 Å². The molecule has 4 aromatic rings. The fourth-order valence-electron chi connectivity index (χ4n) is 3.98. The predicted octanol–water partition coefficient (Wildman–Crippen LogP) is 0.628. The second kappa shape index (κ2) is 16.5. The Balaban J connectivity index is 0.000000240. The summed E-state index contributed by atoms with van der Waals surface area (Å²) in [6, 6.07) is -1.54. The van der Waals surface area contributed by atoms with E-state index in [-0.39, 0.29) is 42.5 Å². The largest absolute Gasteiger partial charge is 0.394 e. The quantitative estimate of drug-likeness (QED) is 0.116. The average Bonchev–Trinajstić information content (AvgIpc) is 3.80. The molecular formula is C27H42N12O5. The number of aromatic nitrogens is 8. The van der Waals surface area contributed by atoms with E-state index in [0.717, 1.165) is 17.5 Å². The molecule has 1 amide bonds. The summed E-state index contributed by atoms with van der Waals surface area (Å²) in [5.41, 5.74) is 12.8. The number of carbonyl (C=O) groups excluding carboxylic acids is 2. The van der Waals surface area contributed by atoms with E-state index in [1.54, 1.807) is 28.7 Å². The van der Waals surface area contributed by atoms with Gasteiger partial charge in [0.1, 0.15) is 5.78 Å². The van der Waals surface area contributed by atoms with Gasteiger partial charge in [-0.3, -0.25) is 19.0 Å². The van der Waals surface area contributed by atoms with E-state index < -0.39 is 18.0 Å². The highest BCUT2D eigenvalue weighted by atomic mass is 16.5. The van der Waals surface area contributed by atoms with Crippen LogP contribution in [0.3, 0.4) is 0 Å². The standard InChI is InChI=1S/C15H23N5O2.C12H19N7O3/c1-5-10(2)14-18-15(22-19-14)13(6-11(3)21)16-7-12-8-17-20(4)9-12;1-19-5-7(4-16-19)3-15-9(2-10(14)21)12-17-11(18-22-12)8(13)6-20/h8-10,13,16H,5-7H2,1-4H3;4-5,8-9,15,20H,2-3,6,13H2,1H3,(H2,14,21)/t10-,13-;8-,9-/m00/s1. The van der Waals surface area contributed by atoms with Gasteiger partial charge in [0.05, 0.1) is 43.5 Å². The normalized spacial score (nSPS) is 14.0. The first-order valence-electron chi connectivity index (χ1n) is 14.2. The van der Waals surface area contributed by atoms with Crippen LogP contribution in [-0.4, -0.2) is 63.2 Å². The van der Waals surface area contributed by atoms with Gasteiger partial charge in [0, 0.05) is 63.0 Å². The van der Waals surface area contributed by atoms with Crippen molar-refractivity contribution in [1.29, 1.82) is 0 Å². The van der Waals surface area contributed by atoms with Crippen molar-refractivity contribution < 1.29 is 23.7 Å². The third-order valence-corrected chi connectivity index (χ3v) is 6.61. The molecule has 0 aromatic carbocycles. The molecule has 17 heteroatoms. The summed E-state index contributed by atoms with van der Waals surface area (Å²) in [7, 11) is 3.68. The molecule has 4 atom stereocenters. The van der Waals surface area contributed by atoms with E-state index in [4.69, 9.17) is 25.6 Å². The number of hydrogen-bond donors (Lipinski definition) is 5. The highest BCUT2D eigenvalue weighted by molar-refractivity contribution is 5.76. The zero-order chi connectivity index (χ0) is 32.2. The van der Waals surface area contributed by atoms with E-state index in [0.29, 0.717) is 31.2 Å². The number of nitrogens with two attached hydrogens (primary N) is 2. The van der Waals surface area contributed by atoms with Crippen molar-refractivity contribution in [2.75, 3.05) is 6.61 Å². The molecule has 0 bridgehead atoms. The molecule has 0 aliphatic carbocycles. The van der Waals surface area contributed by atoms with Gasteiger partial charge >= 0.3 is 0 Å². The van der Waals surface area contributed by atoms with Crippen molar-refractivity contribution in [1.82, 2.24) is 50.5 Å². The molecule has 17 nitrogen and oxygen atoms in total. The van der Waals surface area contributed by atoms with Gasteiger partial charge in [-0.25, -0.2) is 0 Å². The van der Waals surface area contributed by atoms with Crippen LogP contribution in [0.1, 0.15) is 98.6 Å². The predicted molar refractivity (Wildman–Crippen MR) is 156 cm³/mol. The lowest BCUT2D eigenvalue weighted by molar-refractivity contribution is -0.119. The Morgan fingerprint density at radius 3 is 1.86 bits per heavy atom. The van der Waals surface area contributed by atoms with Gasteiger partial charge in [0.25, 0.3) is 0 Å². The second-order valence-corrected chi connectivity index (χ2v) is 10.6. The van der Waals surface area contributed by atoms with Crippen molar-refractivity contribution in [2.45, 2.75) is 77.2 Å². The lowest BCUT2D eigenvalue weighted by Gasteiger charge is -2.12. The molecule has 0 aliphatic rings. The third kappa shape index (κ3) is 10.4. The van der Waals surface area contributed by atoms with Crippen molar-refractivity contribution in [3.63, 3.8) is 0 Å². The molecule has 4 aromatic heterocycles. The SMILES string of the molecule is CC[C@H](C)c1noc([C@H](CC(C)=O)NCc2cnn(C)c2)n1.Cn1cc(CN[C@@H](CC(N)=O)c2nc([C@@H](N)CO)no2)cn1. The van der Waals surface area contributed by atoms with Gasteiger partial charge in [-0.1, -0.05) is 24.2 Å². The summed E-state index contributed by atoms with van der Waals surface area (Å²) < 4.78 is 13.9. The summed E-state index contributed by atoms with van der Waals surface area (Å²) in [6.07, 6.45) is 8.52. The van der Waals surface area contributed by atoms with Crippen LogP contribution in [0.4, 0.5) is 0 Å². The molecule has 7 N–H and O–H groups in total. The highest BCUT2D eigenvalue weighted by Gasteiger charge is 2.24. The molecule has 0 radical (unpaired) electrons. The maximum absolute atomic E-state index is 11.5. The van der Waals surface area contributed by atoms with Gasteiger partial charge in [0.15, 0.2) is 11.6 Å². The van der Waals surface area contributed by atoms with Crippen LogP contribution in [0.25, 0.3) is 0 Å². The molecule has 0 spiro atoms. The van der Waals surface area contributed by atoms with Gasteiger partial charge in [-0.05, 0) is 13.3 Å². The Bertz CT molecular complexity index is 1350. The lowest BCUT2D eigenvalue weighted by atomic mass is 10.1. The minimum Gasteiger partial charge on any atom is -0.394 e. The number of hydrogen-bond acceptors (Lipinski definition) is 14. The zero-order valence-corrected chi connectivity index (χ0v) is 25.7. The van der Waals surface area contributed by atoms with E-state index in [9.17, 15) is 9.59 Å². The Labute approximate surface area is 254 Å². The molecule has 0 saturated heterocycles. The number of amides is 1. The topological polar surface area (TPSA) is 244 Å². The number of aryl methyl sites for hydroxylation is 2. The number of nitrogens with one attached hydrogen (secondary N) is 2.